The van der Waals surface area contributed by atoms with Crippen LogP contribution < -0.4 is 10.1 Å². The smallest absolute Gasteiger partial charge is 0.126 e. The monoisotopic (exact) mass is 233 g/mol. The van der Waals surface area contributed by atoms with E-state index in [1.165, 1.54) is 5.56 Å². The van der Waals surface area contributed by atoms with E-state index in [4.69, 9.17) is 9.47 Å². The van der Waals surface area contributed by atoms with Gasteiger partial charge < -0.3 is 14.8 Å². The van der Waals surface area contributed by atoms with E-state index in [-0.39, 0.29) is 11.7 Å². The normalized spacial score (nSPS) is 31.2. The van der Waals surface area contributed by atoms with E-state index in [9.17, 15) is 0 Å². The maximum atomic E-state index is 6.21. The van der Waals surface area contributed by atoms with Gasteiger partial charge in [0.2, 0.25) is 0 Å². The Morgan fingerprint density at radius 2 is 2.35 bits per heavy atom. The Hall–Kier alpha value is -1.06. The maximum absolute atomic E-state index is 6.21. The van der Waals surface area contributed by atoms with E-state index in [2.05, 4.69) is 30.4 Å². The van der Waals surface area contributed by atoms with Gasteiger partial charge >= 0.3 is 0 Å². The van der Waals surface area contributed by atoms with Gasteiger partial charge in [-0.2, -0.15) is 0 Å². The predicted octanol–water partition coefficient (Wildman–Crippen LogP) is 2.28. The van der Waals surface area contributed by atoms with Gasteiger partial charge in [-0.3, -0.25) is 0 Å². The minimum Gasteiger partial charge on any atom is -0.485 e. The maximum Gasteiger partial charge on any atom is 0.126 e. The Morgan fingerprint density at radius 3 is 3.12 bits per heavy atom. The second-order valence-corrected chi connectivity index (χ2v) is 4.90. The Kier molecular flexibility index (Phi) is 2.81. The Bertz CT molecular complexity index is 399. The second-order valence-electron chi connectivity index (χ2n) is 4.90. The number of para-hydroxylation sites is 1. The highest BCUT2D eigenvalue weighted by atomic mass is 16.5. The fraction of sp³-hybridized carbons (Fsp3) is 0.571. The third-order valence-electron chi connectivity index (χ3n) is 3.72. The van der Waals surface area contributed by atoms with Crippen LogP contribution in [-0.2, 0) is 4.74 Å². The summed E-state index contributed by atoms with van der Waals surface area (Å²) in [6.45, 7) is 4.78. The van der Waals surface area contributed by atoms with Gasteiger partial charge in [-0.05, 0) is 19.5 Å². The molecule has 3 heteroatoms. The van der Waals surface area contributed by atoms with Crippen molar-refractivity contribution in [2.45, 2.75) is 31.5 Å². The average molecular weight is 233 g/mol. The average Bonchev–Trinajstić information content (AvgIpc) is 2.77. The van der Waals surface area contributed by atoms with Gasteiger partial charge in [-0.1, -0.05) is 18.2 Å². The standard InChI is InChI=1S/C14H19NO2/c1-2-16-13-9-14(7-8-15-10-14)17-12-6-4-3-5-11(12)13/h3-6,13,15H,2,7-10H2,1H3. The summed E-state index contributed by atoms with van der Waals surface area (Å²) in [5, 5.41) is 3.40. The molecule has 0 saturated carbocycles. The number of hydrogen-bond acceptors (Lipinski definition) is 3. The van der Waals surface area contributed by atoms with E-state index in [0.717, 1.165) is 38.3 Å². The fourth-order valence-corrected chi connectivity index (χ4v) is 2.89. The van der Waals surface area contributed by atoms with Crippen LogP contribution in [0.5, 0.6) is 5.75 Å². The summed E-state index contributed by atoms with van der Waals surface area (Å²) in [4.78, 5) is 0. The highest BCUT2D eigenvalue weighted by molar-refractivity contribution is 5.38. The van der Waals surface area contributed by atoms with Crippen molar-refractivity contribution in [2.24, 2.45) is 0 Å². The van der Waals surface area contributed by atoms with Gasteiger partial charge in [0.05, 0.1) is 6.10 Å². The quantitative estimate of drug-likeness (QED) is 0.850. The summed E-state index contributed by atoms with van der Waals surface area (Å²) in [7, 11) is 0. The number of nitrogens with one attached hydrogen (secondary N) is 1. The Morgan fingerprint density at radius 1 is 1.47 bits per heavy atom. The summed E-state index contributed by atoms with van der Waals surface area (Å²) in [6.07, 6.45) is 2.22. The summed E-state index contributed by atoms with van der Waals surface area (Å²) in [6, 6.07) is 8.26. The summed E-state index contributed by atoms with van der Waals surface area (Å²) < 4.78 is 12.1. The molecule has 0 amide bonds. The number of rotatable bonds is 2. The van der Waals surface area contributed by atoms with Crippen LogP contribution in [0.4, 0.5) is 0 Å². The van der Waals surface area contributed by atoms with Crippen LogP contribution >= 0.6 is 0 Å². The van der Waals surface area contributed by atoms with E-state index < -0.39 is 0 Å². The lowest BCUT2D eigenvalue weighted by atomic mass is 9.88. The Balaban J connectivity index is 1.94. The zero-order chi connectivity index (χ0) is 11.7. The molecule has 0 aliphatic carbocycles. The molecular weight excluding hydrogens is 214 g/mol. The van der Waals surface area contributed by atoms with Crippen LogP contribution in [0.1, 0.15) is 31.4 Å². The lowest BCUT2D eigenvalue weighted by Gasteiger charge is -2.39. The van der Waals surface area contributed by atoms with Crippen LogP contribution in [0.25, 0.3) is 0 Å². The van der Waals surface area contributed by atoms with Gasteiger partial charge in [0, 0.05) is 31.6 Å². The molecule has 3 rings (SSSR count). The molecule has 1 N–H and O–H groups in total. The molecule has 92 valence electrons. The van der Waals surface area contributed by atoms with Crippen LogP contribution in [-0.4, -0.2) is 25.3 Å². The van der Waals surface area contributed by atoms with E-state index in [1.54, 1.807) is 0 Å². The third-order valence-corrected chi connectivity index (χ3v) is 3.72. The second kappa shape index (κ2) is 4.31. The molecule has 1 aromatic carbocycles. The molecule has 2 heterocycles. The molecule has 1 spiro atoms. The van der Waals surface area contributed by atoms with E-state index in [0.29, 0.717) is 0 Å². The van der Waals surface area contributed by atoms with E-state index in [1.807, 2.05) is 6.07 Å². The van der Waals surface area contributed by atoms with Crippen molar-refractivity contribution in [3.63, 3.8) is 0 Å². The topological polar surface area (TPSA) is 30.5 Å². The lowest BCUT2D eigenvalue weighted by Crippen LogP contribution is -2.43. The molecule has 1 fully saturated rings. The first-order valence-corrected chi connectivity index (χ1v) is 6.43. The minimum atomic E-state index is -0.0474. The Labute approximate surface area is 102 Å². The molecule has 0 bridgehead atoms. The molecule has 1 saturated heterocycles. The van der Waals surface area contributed by atoms with Crippen molar-refractivity contribution in [2.75, 3.05) is 19.7 Å². The molecule has 2 aliphatic heterocycles. The molecule has 17 heavy (non-hydrogen) atoms. The number of benzene rings is 1. The molecule has 2 aliphatic rings. The minimum absolute atomic E-state index is 0.0474. The van der Waals surface area contributed by atoms with Gasteiger partial charge in [0.1, 0.15) is 11.4 Å². The number of ether oxygens (including phenoxy) is 2. The number of fused-ring (bicyclic) bond motifs is 1. The van der Waals surface area contributed by atoms with Gasteiger partial charge in [-0.15, -0.1) is 0 Å². The van der Waals surface area contributed by atoms with Crippen LogP contribution in [0, 0.1) is 0 Å². The van der Waals surface area contributed by atoms with Crippen molar-refractivity contribution < 1.29 is 9.47 Å². The molecule has 2 atom stereocenters. The molecule has 0 radical (unpaired) electrons. The lowest BCUT2D eigenvalue weighted by molar-refractivity contribution is -0.0353. The fourth-order valence-electron chi connectivity index (χ4n) is 2.89. The van der Waals surface area contributed by atoms with E-state index >= 15 is 0 Å². The first kappa shape index (κ1) is 11.1. The van der Waals surface area contributed by atoms with Gasteiger partial charge in [-0.25, -0.2) is 0 Å². The molecule has 1 aromatic rings. The zero-order valence-corrected chi connectivity index (χ0v) is 10.2. The highest BCUT2D eigenvalue weighted by Gasteiger charge is 2.43. The van der Waals surface area contributed by atoms with Crippen LogP contribution in [0.2, 0.25) is 0 Å². The van der Waals surface area contributed by atoms with Crippen molar-refractivity contribution in [1.82, 2.24) is 5.32 Å². The molecule has 0 aromatic heterocycles. The largest absolute Gasteiger partial charge is 0.485 e. The predicted molar refractivity (Wildman–Crippen MR) is 66.3 cm³/mol. The summed E-state index contributed by atoms with van der Waals surface area (Å²) >= 11 is 0. The van der Waals surface area contributed by atoms with Crippen molar-refractivity contribution in [3.05, 3.63) is 29.8 Å². The first-order valence-electron chi connectivity index (χ1n) is 6.43. The van der Waals surface area contributed by atoms with Crippen molar-refractivity contribution in [1.29, 1.82) is 0 Å². The van der Waals surface area contributed by atoms with Crippen LogP contribution in [0.3, 0.4) is 0 Å². The summed E-state index contributed by atoms with van der Waals surface area (Å²) in [5.74, 6) is 1.00. The SMILES string of the molecule is CCOC1CC2(CCNC2)Oc2ccccc21. The highest BCUT2D eigenvalue weighted by Crippen LogP contribution is 2.43. The van der Waals surface area contributed by atoms with Crippen LogP contribution in [0.15, 0.2) is 24.3 Å². The first-order chi connectivity index (χ1) is 8.33. The molecule has 2 unspecified atom stereocenters. The zero-order valence-electron chi connectivity index (χ0n) is 10.2. The van der Waals surface area contributed by atoms with Gasteiger partial charge in [0.25, 0.3) is 0 Å². The van der Waals surface area contributed by atoms with Crippen molar-refractivity contribution >= 4 is 0 Å². The summed E-state index contributed by atoms with van der Waals surface area (Å²) in [5.41, 5.74) is 1.15. The third kappa shape index (κ3) is 1.94. The molecular formula is C14H19NO2. The molecule has 3 nitrogen and oxygen atoms in total. The number of hydrogen-bond donors (Lipinski definition) is 1. The van der Waals surface area contributed by atoms with Crippen molar-refractivity contribution in [3.8, 4) is 5.75 Å². The van der Waals surface area contributed by atoms with Gasteiger partial charge in [0.15, 0.2) is 0 Å².